The molecule has 0 aromatic heterocycles. The van der Waals surface area contributed by atoms with Gasteiger partial charge in [0.1, 0.15) is 5.82 Å². The van der Waals surface area contributed by atoms with Gasteiger partial charge in [0, 0.05) is 12.6 Å². The van der Waals surface area contributed by atoms with Crippen molar-refractivity contribution in [2.75, 3.05) is 13.3 Å². The van der Waals surface area contributed by atoms with Crippen LogP contribution in [0.25, 0.3) is 0 Å². The lowest BCUT2D eigenvalue weighted by Crippen LogP contribution is -2.14. The van der Waals surface area contributed by atoms with Crippen molar-refractivity contribution in [1.29, 1.82) is 0 Å². The van der Waals surface area contributed by atoms with Gasteiger partial charge < -0.3 is 20.3 Å². The number of aliphatic hydroxyl groups is 1. The summed E-state index contributed by atoms with van der Waals surface area (Å²) in [4.78, 5) is 0. The summed E-state index contributed by atoms with van der Waals surface area (Å²) in [6.07, 6.45) is -1.10. The molecule has 0 amide bonds. The van der Waals surface area contributed by atoms with E-state index in [0.717, 1.165) is 0 Å². The average molecular weight is 278 g/mol. The van der Waals surface area contributed by atoms with Crippen LogP contribution in [0.3, 0.4) is 0 Å². The van der Waals surface area contributed by atoms with Gasteiger partial charge in [-0.1, -0.05) is 0 Å². The summed E-state index contributed by atoms with van der Waals surface area (Å²) in [5.41, 5.74) is 5.33. The number of hydrogen-bond acceptors (Lipinski definition) is 4. The summed E-state index contributed by atoms with van der Waals surface area (Å²) < 4.78 is 24.1. The first-order valence-corrected chi connectivity index (χ1v) is 5.10. The zero-order chi connectivity index (χ0) is 11.0. The van der Waals surface area contributed by atoms with Crippen LogP contribution >= 0.6 is 15.9 Å². The van der Waals surface area contributed by atoms with Crippen molar-refractivity contribution in [2.45, 2.75) is 6.10 Å². The number of ether oxygens (including phenoxy) is 2. The van der Waals surface area contributed by atoms with E-state index in [1.54, 1.807) is 0 Å². The molecular weight excluding hydrogens is 269 g/mol. The van der Waals surface area contributed by atoms with Crippen molar-refractivity contribution in [2.24, 2.45) is 5.73 Å². The highest BCUT2D eigenvalue weighted by molar-refractivity contribution is 9.10. The highest BCUT2D eigenvalue weighted by Crippen LogP contribution is 2.43. The predicted octanol–water partition coefficient (Wildman–Crippen LogP) is 1.31. The van der Waals surface area contributed by atoms with E-state index in [-0.39, 0.29) is 29.1 Å². The summed E-state index contributed by atoms with van der Waals surface area (Å²) in [6.45, 7) is -0.0569. The number of aliphatic hydroxyl groups excluding tert-OH is 1. The predicted molar refractivity (Wildman–Crippen MR) is 54.2 cm³/mol. The van der Waals surface area contributed by atoms with E-state index >= 15 is 0 Å². The highest BCUT2D eigenvalue weighted by Gasteiger charge is 2.27. The SMILES string of the molecule is NCC(O)c1c(F)c(Br)cc2c1OCO2. The van der Waals surface area contributed by atoms with E-state index in [2.05, 4.69) is 15.9 Å². The standard InChI is InChI=1S/C9H9BrFNO3/c10-4-1-6-9(15-3-14-6)7(8(4)11)5(13)2-12/h1,5,13H,2-3,12H2. The first-order chi connectivity index (χ1) is 7.15. The Labute approximate surface area is 93.9 Å². The van der Waals surface area contributed by atoms with Gasteiger partial charge in [0.15, 0.2) is 11.5 Å². The van der Waals surface area contributed by atoms with E-state index in [9.17, 15) is 9.50 Å². The second kappa shape index (κ2) is 3.96. The van der Waals surface area contributed by atoms with Crippen LogP contribution in [0, 0.1) is 5.82 Å². The third kappa shape index (κ3) is 1.68. The molecule has 3 N–H and O–H groups in total. The minimum Gasteiger partial charge on any atom is -0.454 e. The van der Waals surface area contributed by atoms with Gasteiger partial charge in [-0.25, -0.2) is 4.39 Å². The molecule has 82 valence electrons. The lowest BCUT2D eigenvalue weighted by atomic mass is 10.1. The number of rotatable bonds is 2. The Hall–Kier alpha value is -0.850. The van der Waals surface area contributed by atoms with Crippen LogP contribution in [0.5, 0.6) is 11.5 Å². The van der Waals surface area contributed by atoms with Gasteiger partial charge >= 0.3 is 0 Å². The van der Waals surface area contributed by atoms with E-state index in [4.69, 9.17) is 15.2 Å². The minimum absolute atomic E-state index is 0.0233. The molecule has 1 aromatic carbocycles. The number of halogens is 2. The van der Waals surface area contributed by atoms with Crippen molar-refractivity contribution in [3.05, 3.63) is 21.9 Å². The Balaban J connectivity index is 2.60. The zero-order valence-electron chi connectivity index (χ0n) is 7.67. The second-order valence-electron chi connectivity index (χ2n) is 3.07. The molecule has 0 fully saturated rings. The van der Waals surface area contributed by atoms with Gasteiger partial charge in [-0.3, -0.25) is 0 Å². The molecule has 2 rings (SSSR count). The molecular formula is C9H9BrFNO3. The maximum atomic E-state index is 13.7. The van der Waals surface area contributed by atoms with Crippen LogP contribution in [0.15, 0.2) is 10.5 Å². The Morgan fingerprint density at radius 2 is 2.33 bits per heavy atom. The molecule has 0 spiro atoms. The maximum Gasteiger partial charge on any atom is 0.231 e. The molecule has 0 aliphatic carbocycles. The molecule has 1 aliphatic heterocycles. The van der Waals surface area contributed by atoms with Gasteiger partial charge in [-0.15, -0.1) is 0 Å². The van der Waals surface area contributed by atoms with Crippen LogP contribution in [-0.2, 0) is 0 Å². The molecule has 0 bridgehead atoms. The van der Waals surface area contributed by atoms with Crippen LogP contribution in [0.2, 0.25) is 0 Å². The molecule has 1 aromatic rings. The second-order valence-corrected chi connectivity index (χ2v) is 3.93. The molecule has 0 saturated carbocycles. The largest absolute Gasteiger partial charge is 0.454 e. The van der Waals surface area contributed by atoms with Gasteiger partial charge in [-0.05, 0) is 15.9 Å². The summed E-state index contributed by atoms with van der Waals surface area (Å²) >= 11 is 3.03. The Morgan fingerprint density at radius 1 is 1.60 bits per heavy atom. The minimum atomic E-state index is -1.10. The molecule has 0 radical (unpaired) electrons. The number of fused-ring (bicyclic) bond motifs is 1. The van der Waals surface area contributed by atoms with Crippen molar-refractivity contribution >= 4 is 15.9 Å². The first-order valence-electron chi connectivity index (χ1n) is 4.30. The quantitative estimate of drug-likeness (QED) is 0.856. The lowest BCUT2D eigenvalue weighted by molar-refractivity contribution is 0.158. The van der Waals surface area contributed by atoms with Crippen molar-refractivity contribution < 1.29 is 19.0 Å². The summed E-state index contributed by atoms with van der Waals surface area (Å²) in [5, 5.41) is 9.58. The van der Waals surface area contributed by atoms with Crippen LogP contribution in [-0.4, -0.2) is 18.4 Å². The monoisotopic (exact) mass is 277 g/mol. The van der Waals surface area contributed by atoms with Crippen LogP contribution in [0.1, 0.15) is 11.7 Å². The molecule has 4 nitrogen and oxygen atoms in total. The first kappa shape index (κ1) is 10.7. The summed E-state index contributed by atoms with van der Waals surface area (Å²) in [7, 11) is 0. The average Bonchev–Trinajstić information content (AvgIpc) is 2.66. The molecule has 1 aliphatic rings. The fourth-order valence-electron chi connectivity index (χ4n) is 1.43. The number of nitrogens with two attached hydrogens (primary N) is 1. The maximum absolute atomic E-state index is 13.7. The number of benzene rings is 1. The van der Waals surface area contributed by atoms with Crippen molar-refractivity contribution in [3.8, 4) is 11.5 Å². The third-order valence-corrected chi connectivity index (χ3v) is 2.72. The van der Waals surface area contributed by atoms with Gasteiger partial charge in [0.25, 0.3) is 0 Å². The highest BCUT2D eigenvalue weighted by atomic mass is 79.9. The van der Waals surface area contributed by atoms with E-state index in [1.165, 1.54) is 6.07 Å². The van der Waals surface area contributed by atoms with E-state index in [1.807, 2.05) is 0 Å². The fraction of sp³-hybridized carbons (Fsp3) is 0.333. The topological polar surface area (TPSA) is 64.7 Å². The fourth-order valence-corrected chi connectivity index (χ4v) is 1.85. The van der Waals surface area contributed by atoms with E-state index < -0.39 is 11.9 Å². The summed E-state index contributed by atoms with van der Waals surface area (Å²) in [5.74, 6) is 0.0663. The van der Waals surface area contributed by atoms with Gasteiger partial charge in [-0.2, -0.15) is 0 Å². The lowest BCUT2D eigenvalue weighted by Gasteiger charge is -2.13. The molecule has 1 atom stereocenters. The van der Waals surface area contributed by atoms with Crippen LogP contribution in [0.4, 0.5) is 4.39 Å². The Bertz CT molecular complexity index is 399. The number of hydrogen-bond donors (Lipinski definition) is 2. The third-order valence-electron chi connectivity index (χ3n) is 2.15. The zero-order valence-corrected chi connectivity index (χ0v) is 9.25. The summed E-state index contributed by atoms with van der Waals surface area (Å²) in [6, 6.07) is 1.46. The van der Waals surface area contributed by atoms with Gasteiger partial charge in [0.2, 0.25) is 6.79 Å². The van der Waals surface area contributed by atoms with Crippen LogP contribution < -0.4 is 15.2 Å². The normalized spacial score (nSPS) is 15.5. The van der Waals surface area contributed by atoms with E-state index in [0.29, 0.717) is 5.75 Å². The molecule has 15 heavy (non-hydrogen) atoms. The molecule has 1 heterocycles. The smallest absolute Gasteiger partial charge is 0.231 e. The molecule has 6 heteroatoms. The van der Waals surface area contributed by atoms with Crippen molar-refractivity contribution in [3.63, 3.8) is 0 Å². The molecule has 0 saturated heterocycles. The Kier molecular flexibility index (Phi) is 2.81. The van der Waals surface area contributed by atoms with Gasteiger partial charge in [0.05, 0.1) is 16.1 Å². The van der Waals surface area contributed by atoms with Crippen molar-refractivity contribution in [1.82, 2.24) is 0 Å². The molecule has 1 unspecified atom stereocenters. The Morgan fingerprint density at radius 3 is 3.00 bits per heavy atom.